The Kier molecular flexibility index (Phi) is 6.31. The number of aliphatic hydroxyl groups is 1. The molecule has 8 heteroatoms. The quantitative estimate of drug-likeness (QED) is 0.550. The Hall–Kier alpha value is -0.860. The normalized spacial score (nSPS) is 15.8. The Labute approximate surface area is 90.2 Å². The van der Waals surface area contributed by atoms with Gasteiger partial charge in [0, 0.05) is 6.61 Å². The number of aliphatic carboxylic acids is 1. The Morgan fingerprint density at radius 3 is 2.44 bits per heavy atom. The van der Waals surface area contributed by atoms with Crippen LogP contribution in [-0.4, -0.2) is 54.8 Å². The first kappa shape index (κ1) is 15.1. The third kappa shape index (κ3) is 5.89. The van der Waals surface area contributed by atoms with Crippen LogP contribution in [0.15, 0.2) is 0 Å². The van der Waals surface area contributed by atoms with Crippen molar-refractivity contribution in [3.05, 3.63) is 0 Å². The second-order valence-electron chi connectivity index (χ2n) is 3.10. The van der Waals surface area contributed by atoms with E-state index < -0.39 is 30.9 Å². The molecule has 0 aliphatic carbocycles. The first-order chi connectivity index (χ1) is 7.29. The van der Waals surface area contributed by atoms with Crippen LogP contribution in [0.4, 0.5) is 13.2 Å². The number of hydrogen-bond donors (Lipinski definition) is 3. The van der Waals surface area contributed by atoms with E-state index in [0.717, 1.165) is 0 Å². The molecule has 0 spiro atoms. The first-order valence-electron chi connectivity index (χ1n) is 4.51. The topological polar surface area (TPSA) is 78.8 Å². The van der Waals surface area contributed by atoms with Gasteiger partial charge in [-0.1, -0.05) is 0 Å². The van der Waals surface area contributed by atoms with Crippen molar-refractivity contribution in [2.24, 2.45) is 0 Å². The molecule has 0 aliphatic heterocycles. The molecule has 0 aliphatic rings. The van der Waals surface area contributed by atoms with E-state index in [9.17, 15) is 18.0 Å². The number of aliphatic hydroxyl groups excluding tert-OH is 1. The molecule has 2 atom stereocenters. The van der Waals surface area contributed by atoms with E-state index in [2.05, 4.69) is 10.1 Å². The summed E-state index contributed by atoms with van der Waals surface area (Å²) >= 11 is 0. The Morgan fingerprint density at radius 2 is 2.06 bits per heavy atom. The number of rotatable bonds is 7. The highest BCUT2D eigenvalue weighted by molar-refractivity contribution is 5.73. The number of ether oxygens (including phenoxy) is 1. The van der Waals surface area contributed by atoms with Crippen LogP contribution in [0, 0.1) is 0 Å². The lowest BCUT2D eigenvalue weighted by Crippen LogP contribution is -2.36. The fourth-order valence-corrected chi connectivity index (χ4v) is 0.882. The van der Waals surface area contributed by atoms with Gasteiger partial charge in [0.1, 0.15) is 6.04 Å². The monoisotopic (exact) mass is 245 g/mol. The second kappa shape index (κ2) is 6.66. The number of halogens is 3. The van der Waals surface area contributed by atoms with Gasteiger partial charge < -0.3 is 20.3 Å². The smallest absolute Gasteiger partial charge is 0.416 e. The largest absolute Gasteiger partial charge is 0.480 e. The van der Waals surface area contributed by atoms with Gasteiger partial charge in [-0.15, -0.1) is 0 Å². The third-order valence-corrected chi connectivity index (χ3v) is 1.85. The van der Waals surface area contributed by atoms with Crippen LogP contribution in [0.25, 0.3) is 0 Å². The Bertz CT molecular complexity index is 222. The van der Waals surface area contributed by atoms with Crippen molar-refractivity contribution < 1.29 is 32.9 Å². The summed E-state index contributed by atoms with van der Waals surface area (Å²) in [5, 5.41) is 19.6. The van der Waals surface area contributed by atoms with Crippen molar-refractivity contribution in [1.29, 1.82) is 0 Å². The summed E-state index contributed by atoms with van der Waals surface area (Å²) in [6.45, 7) is -1.06. The molecule has 0 amide bonds. The summed E-state index contributed by atoms with van der Waals surface area (Å²) in [4.78, 5) is 10.5. The van der Waals surface area contributed by atoms with Gasteiger partial charge in [0.2, 0.25) is 0 Å². The molecule has 0 rings (SSSR count). The summed E-state index contributed by atoms with van der Waals surface area (Å²) < 4.78 is 39.9. The minimum atomic E-state index is -4.71. The predicted molar refractivity (Wildman–Crippen MR) is 48.0 cm³/mol. The van der Waals surface area contributed by atoms with Gasteiger partial charge in [-0.05, 0) is 13.5 Å². The van der Waals surface area contributed by atoms with Gasteiger partial charge in [0.05, 0.1) is 6.61 Å². The molecule has 96 valence electrons. The van der Waals surface area contributed by atoms with Crippen LogP contribution in [0.2, 0.25) is 0 Å². The molecule has 0 heterocycles. The van der Waals surface area contributed by atoms with Gasteiger partial charge in [-0.25, -0.2) is 0 Å². The molecule has 0 radical (unpaired) electrons. The van der Waals surface area contributed by atoms with E-state index in [-0.39, 0.29) is 13.0 Å². The molecule has 0 aromatic heterocycles. The van der Waals surface area contributed by atoms with Crippen molar-refractivity contribution in [3.63, 3.8) is 0 Å². The highest BCUT2D eigenvalue weighted by Crippen LogP contribution is 2.19. The van der Waals surface area contributed by atoms with Gasteiger partial charge in [-0.3, -0.25) is 4.79 Å². The minimum absolute atomic E-state index is 0.0242. The van der Waals surface area contributed by atoms with Crippen molar-refractivity contribution in [2.75, 3.05) is 20.3 Å². The molecular formula is C8H14F3NO4. The lowest BCUT2D eigenvalue weighted by Gasteiger charge is -2.15. The van der Waals surface area contributed by atoms with Crippen LogP contribution in [0.5, 0.6) is 0 Å². The van der Waals surface area contributed by atoms with Crippen LogP contribution < -0.4 is 5.32 Å². The zero-order valence-corrected chi connectivity index (χ0v) is 8.62. The maximum atomic E-state index is 11.8. The van der Waals surface area contributed by atoms with Crippen molar-refractivity contribution >= 4 is 5.97 Å². The fraction of sp³-hybridized carbons (Fsp3) is 0.875. The lowest BCUT2D eigenvalue weighted by atomic mass is 10.2. The fourth-order valence-electron chi connectivity index (χ4n) is 0.882. The highest BCUT2D eigenvalue weighted by atomic mass is 19.4. The molecule has 0 fully saturated rings. The molecule has 0 bridgehead atoms. The van der Waals surface area contributed by atoms with Crippen LogP contribution in [0.1, 0.15) is 6.42 Å². The maximum absolute atomic E-state index is 11.8. The molecule has 5 nitrogen and oxygen atoms in total. The Morgan fingerprint density at radius 1 is 1.50 bits per heavy atom. The van der Waals surface area contributed by atoms with E-state index in [1.807, 2.05) is 0 Å². The number of alkyl halides is 3. The molecule has 16 heavy (non-hydrogen) atoms. The summed E-state index contributed by atoms with van der Waals surface area (Å²) in [6.07, 6.45) is -7.23. The number of hydrogen-bond acceptors (Lipinski definition) is 4. The molecule has 1 unspecified atom stereocenters. The molecule has 3 N–H and O–H groups in total. The minimum Gasteiger partial charge on any atom is -0.480 e. The van der Waals surface area contributed by atoms with Crippen LogP contribution in [-0.2, 0) is 9.53 Å². The summed E-state index contributed by atoms with van der Waals surface area (Å²) in [5.74, 6) is -1.11. The van der Waals surface area contributed by atoms with Gasteiger partial charge >= 0.3 is 12.1 Å². The summed E-state index contributed by atoms with van der Waals surface area (Å²) in [5.41, 5.74) is 0. The summed E-state index contributed by atoms with van der Waals surface area (Å²) in [6, 6.07) is -0.872. The average molecular weight is 245 g/mol. The lowest BCUT2D eigenvalue weighted by molar-refractivity contribution is -0.217. The average Bonchev–Trinajstić information content (AvgIpc) is 2.15. The van der Waals surface area contributed by atoms with Gasteiger partial charge in [-0.2, -0.15) is 13.2 Å². The Balaban J connectivity index is 3.72. The van der Waals surface area contributed by atoms with E-state index in [1.54, 1.807) is 0 Å². The molecular weight excluding hydrogens is 231 g/mol. The van der Waals surface area contributed by atoms with E-state index in [4.69, 9.17) is 10.2 Å². The van der Waals surface area contributed by atoms with Crippen molar-refractivity contribution in [3.8, 4) is 0 Å². The molecule has 0 saturated heterocycles. The van der Waals surface area contributed by atoms with Gasteiger partial charge in [0.15, 0.2) is 6.10 Å². The molecule has 0 aromatic carbocycles. The van der Waals surface area contributed by atoms with Crippen molar-refractivity contribution in [1.82, 2.24) is 5.32 Å². The SMILES string of the molecule is CN[C@@H](CCOCC(O)C(F)(F)F)C(=O)O. The molecule has 0 aromatic rings. The van der Waals surface area contributed by atoms with E-state index >= 15 is 0 Å². The third-order valence-electron chi connectivity index (χ3n) is 1.85. The van der Waals surface area contributed by atoms with Crippen LogP contribution in [0.3, 0.4) is 0 Å². The highest BCUT2D eigenvalue weighted by Gasteiger charge is 2.38. The number of carbonyl (C=O) groups is 1. The predicted octanol–water partition coefficient (Wildman–Crippen LogP) is -0.0111. The number of carboxylic acid groups (broad SMARTS) is 1. The first-order valence-corrected chi connectivity index (χ1v) is 4.51. The van der Waals surface area contributed by atoms with E-state index in [0.29, 0.717) is 0 Å². The second-order valence-corrected chi connectivity index (χ2v) is 3.10. The number of carboxylic acids is 1. The number of nitrogens with one attached hydrogen (secondary N) is 1. The maximum Gasteiger partial charge on any atom is 0.416 e. The van der Waals surface area contributed by atoms with Crippen molar-refractivity contribution in [2.45, 2.75) is 24.7 Å². The standard InChI is InChI=1S/C8H14F3NO4/c1-12-5(7(14)15)2-3-16-4-6(13)8(9,10)11/h5-6,12-13H,2-4H2,1H3,(H,14,15)/t5-,6?/m0/s1. The zero-order chi connectivity index (χ0) is 12.8. The summed E-state index contributed by atoms with van der Waals surface area (Å²) in [7, 11) is 1.42. The van der Waals surface area contributed by atoms with Gasteiger partial charge in [0.25, 0.3) is 0 Å². The number of likely N-dealkylation sites (N-methyl/N-ethyl adjacent to an activating group) is 1. The molecule has 0 saturated carbocycles. The zero-order valence-electron chi connectivity index (χ0n) is 8.62. The van der Waals surface area contributed by atoms with E-state index in [1.165, 1.54) is 7.05 Å². The van der Waals surface area contributed by atoms with Crippen LogP contribution >= 0.6 is 0 Å².